The van der Waals surface area contributed by atoms with Gasteiger partial charge >= 0.3 is 0 Å². The van der Waals surface area contributed by atoms with E-state index in [4.69, 9.17) is 17.3 Å². The van der Waals surface area contributed by atoms with Gasteiger partial charge in [0.15, 0.2) is 0 Å². The van der Waals surface area contributed by atoms with Crippen molar-refractivity contribution in [3.05, 3.63) is 29.3 Å². The molecule has 0 saturated heterocycles. The van der Waals surface area contributed by atoms with Crippen LogP contribution in [-0.4, -0.2) is 5.24 Å². The van der Waals surface area contributed by atoms with Crippen LogP contribution in [0.15, 0.2) is 18.2 Å². The SMILES string of the molecule is Cc1cc(N)ccc1C(=O)Cl.Cl. The molecule has 1 aromatic carbocycles. The fraction of sp³-hybridized carbons (Fsp3) is 0.125. The van der Waals surface area contributed by atoms with Crippen LogP contribution in [0.2, 0.25) is 0 Å². The van der Waals surface area contributed by atoms with Gasteiger partial charge in [0.25, 0.3) is 5.24 Å². The third-order valence-corrected chi connectivity index (χ3v) is 1.67. The highest BCUT2D eigenvalue weighted by molar-refractivity contribution is 6.67. The summed E-state index contributed by atoms with van der Waals surface area (Å²) in [6.07, 6.45) is 0. The number of hydrogen-bond acceptors (Lipinski definition) is 2. The predicted molar refractivity (Wildman–Crippen MR) is 53.0 cm³/mol. The van der Waals surface area contributed by atoms with Crippen molar-refractivity contribution in [2.24, 2.45) is 0 Å². The van der Waals surface area contributed by atoms with Crippen molar-refractivity contribution in [1.82, 2.24) is 0 Å². The summed E-state index contributed by atoms with van der Waals surface area (Å²) < 4.78 is 0. The second kappa shape index (κ2) is 4.33. The van der Waals surface area contributed by atoms with E-state index >= 15 is 0 Å². The second-order valence-corrected chi connectivity index (χ2v) is 2.69. The van der Waals surface area contributed by atoms with E-state index in [-0.39, 0.29) is 12.4 Å². The fourth-order valence-electron chi connectivity index (χ4n) is 0.907. The van der Waals surface area contributed by atoms with Crippen LogP contribution in [0.25, 0.3) is 0 Å². The van der Waals surface area contributed by atoms with Gasteiger partial charge in [0.05, 0.1) is 0 Å². The molecule has 66 valence electrons. The van der Waals surface area contributed by atoms with E-state index in [9.17, 15) is 4.79 Å². The number of nitrogen functional groups attached to an aromatic ring is 1. The second-order valence-electron chi connectivity index (χ2n) is 2.35. The topological polar surface area (TPSA) is 43.1 Å². The van der Waals surface area contributed by atoms with Gasteiger partial charge < -0.3 is 5.73 Å². The molecule has 0 aliphatic rings. The Morgan fingerprint density at radius 3 is 2.50 bits per heavy atom. The standard InChI is InChI=1S/C8H8ClNO.ClH/c1-5-4-6(10)2-3-7(5)8(9)11;/h2-4H,10H2,1H3;1H. The number of halogens is 2. The number of carbonyl (C=O) groups excluding carboxylic acids is 1. The van der Waals surface area contributed by atoms with Gasteiger partial charge in [-0.05, 0) is 42.3 Å². The molecule has 0 spiro atoms. The Kier molecular flexibility index (Phi) is 4.07. The van der Waals surface area contributed by atoms with Gasteiger partial charge in [-0.25, -0.2) is 0 Å². The fourth-order valence-corrected chi connectivity index (χ4v) is 1.12. The Hall–Kier alpha value is -0.730. The Bertz CT molecular complexity index is 299. The van der Waals surface area contributed by atoms with E-state index in [1.54, 1.807) is 25.1 Å². The summed E-state index contributed by atoms with van der Waals surface area (Å²) in [6, 6.07) is 5.00. The predicted octanol–water partition coefficient (Wildman–Crippen LogP) is 2.38. The highest BCUT2D eigenvalue weighted by atomic mass is 35.5. The minimum Gasteiger partial charge on any atom is -0.399 e. The van der Waals surface area contributed by atoms with Gasteiger partial charge in [-0.2, -0.15) is 0 Å². The lowest BCUT2D eigenvalue weighted by atomic mass is 10.1. The highest BCUT2D eigenvalue weighted by Crippen LogP contribution is 2.13. The van der Waals surface area contributed by atoms with Crippen LogP contribution in [0.1, 0.15) is 15.9 Å². The molecule has 0 aliphatic carbocycles. The molecular weight excluding hydrogens is 197 g/mol. The van der Waals surface area contributed by atoms with Gasteiger partial charge in [0.1, 0.15) is 0 Å². The zero-order valence-corrected chi connectivity index (χ0v) is 8.08. The minimum absolute atomic E-state index is 0. The summed E-state index contributed by atoms with van der Waals surface area (Å²) in [4.78, 5) is 10.7. The van der Waals surface area contributed by atoms with E-state index in [1.807, 2.05) is 0 Å². The Labute approximate surface area is 82.1 Å². The molecule has 1 aromatic rings. The van der Waals surface area contributed by atoms with E-state index < -0.39 is 5.24 Å². The van der Waals surface area contributed by atoms with Gasteiger partial charge in [-0.1, -0.05) is 0 Å². The molecule has 0 heterocycles. The normalized spacial score (nSPS) is 8.83. The molecular formula is C8H9Cl2NO. The lowest BCUT2D eigenvalue weighted by molar-refractivity contribution is 0.108. The molecule has 0 aliphatic heterocycles. The number of aryl methyl sites for hydroxylation is 1. The van der Waals surface area contributed by atoms with Gasteiger partial charge in [0, 0.05) is 11.3 Å². The maximum atomic E-state index is 10.7. The van der Waals surface area contributed by atoms with E-state index in [2.05, 4.69) is 0 Å². The summed E-state index contributed by atoms with van der Waals surface area (Å²) >= 11 is 5.28. The Morgan fingerprint density at radius 2 is 2.08 bits per heavy atom. The van der Waals surface area contributed by atoms with Crippen LogP contribution >= 0.6 is 24.0 Å². The quantitative estimate of drug-likeness (QED) is 0.566. The summed E-state index contributed by atoms with van der Waals surface area (Å²) in [6.45, 7) is 1.80. The van der Waals surface area contributed by atoms with Crippen LogP contribution in [0, 0.1) is 6.92 Å². The average Bonchev–Trinajstić information content (AvgIpc) is 1.85. The summed E-state index contributed by atoms with van der Waals surface area (Å²) in [5, 5.41) is -0.442. The molecule has 1 rings (SSSR count). The lowest BCUT2D eigenvalue weighted by Crippen LogP contribution is -1.94. The molecule has 0 amide bonds. The first-order valence-electron chi connectivity index (χ1n) is 3.17. The third-order valence-electron chi connectivity index (χ3n) is 1.46. The highest BCUT2D eigenvalue weighted by Gasteiger charge is 2.04. The van der Waals surface area contributed by atoms with Crippen molar-refractivity contribution in [2.45, 2.75) is 6.92 Å². The molecule has 0 saturated carbocycles. The molecule has 2 nitrogen and oxygen atoms in total. The zero-order valence-electron chi connectivity index (χ0n) is 6.50. The smallest absolute Gasteiger partial charge is 0.252 e. The van der Waals surface area contributed by atoms with Crippen molar-refractivity contribution in [3.8, 4) is 0 Å². The number of carbonyl (C=O) groups is 1. The van der Waals surface area contributed by atoms with Crippen molar-refractivity contribution < 1.29 is 4.79 Å². The lowest BCUT2D eigenvalue weighted by Gasteiger charge is -2.00. The molecule has 0 fully saturated rings. The van der Waals surface area contributed by atoms with E-state index in [0.29, 0.717) is 11.3 Å². The number of hydrogen-bond donors (Lipinski definition) is 1. The largest absolute Gasteiger partial charge is 0.399 e. The zero-order chi connectivity index (χ0) is 8.43. The molecule has 0 atom stereocenters. The summed E-state index contributed by atoms with van der Waals surface area (Å²) in [7, 11) is 0. The Morgan fingerprint density at radius 1 is 1.50 bits per heavy atom. The van der Waals surface area contributed by atoms with Crippen LogP contribution in [0.4, 0.5) is 5.69 Å². The van der Waals surface area contributed by atoms with Crippen molar-refractivity contribution >= 4 is 34.9 Å². The third kappa shape index (κ3) is 2.40. The first kappa shape index (κ1) is 11.3. The average molecular weight is 206 g/mol. The van der Waals surface area contributed by atoms with E-state index in [0.717, 1.165) is 5.56 Å². The molecule has 12 heavy (non-hydrogen) atoms. The first-order chi connectivity index (χ1) is 5.11. The molecule has 0 aromatic heterocycles. The monoisotopic (exact) mass is 205 g/mol. The van der Waals surface area contributed by atoms with Gasteiger partial charge in [-0.3, -0.25) is 4.79 Å². The maximum Gasteiger partial charge on any atom is 0.252 e. The number of rotatable bonds is 1. The van der Waals surface area contributed by atoms with Crippen LogP contribution in [0.3, 0.4) is 0 Å². The van der Waals surface area contributed by atoms with Crippen molar-refractivity contribution in [1.29, 1.82) is 0 Å². The van der Waals surface area contributed by atoms with E-state index in [1.165, 1.54) is 0 Å². The van der Waals surface area contributed by atoms with Crippen molar-refractivity contribution in [2.75, 3.05) is 5.73 Å². The summed E-state index contributed by atoms with van der Waals surface area (Å²) in [5.74, 6) is 0. The minimum atomic E-state index is -0.442. The molecule has 0 radical (unpaired) electrons. The van der Waals surface area contributed by atoms with Crippen LogP contribution in [-0.2, 0) is 0 Å². The van der Waals surface area contributed by atoms with Crippen LogP contribution in [0.5, 0.6) is 0 Å². The maximum absolute atomic E-state index is 10.7. The molecule has 0 bridgehead atoms. The Balaban J connectivity index is 0.00000121. The van der Waals surface area contributed by atoms with Crippen LogP contribution < -0.4 is 5.73 Å². The molecule has 4 heteroatoms. The number of anilines is 1. The van der Waals surface area contributed by atoms with Gasteiger partial charge in [-0.15, -0.1) is 12.4 Å². The molecule has 2 N–H and O–H groups in total. The molecule has 0 unspecified atom stereocenters. The number of nitrogens with two attached hydrogens (primary N) is 1. The van der Waals surface area contributed by atoms with Gasteiger partial charge in [0.2, 0.25) is 0 Å². The van der Waals surface area contributed by atoms with Crippen molar-refractivity contribution in [3.63, 3.8) is 0 Å². The number of benzene rings is 1. The summed E-state index contributed by atoms with van der Waals surface area (Å²) in [5.41, 5.74) is 7.44. The first-order valence-corrected chi connectivity index (χ1v) is 3.55.